The van der Waals surface area contributed by atoms with Gasteiger partial charge in [0.15, 0.2) is 27.3 Å². The molecule has 1 aliphatic heterocycles. The van der Waals surface area contributed by atoms with Gasteiger partial charge in [0.2, 0.25) is 0 Å². The lowest BCUT2D eigenvalue weighted by Crippen LogP contribution is -2.33. The number of carbonyl (C=O) groups is 1. The molecule has 2 amide bonds. The summed E-state index contributed by atoms with van der Waals surface area (Å²) in [4.78, 5) is 11.5. The van der Waals surface area contributed by atoms with E-state index >= 15 is 0 Å². The second-order valence-electron chi connectivity index (χ2n) is 4.83. The minimum atomic E-state index is -3.04. The molecule has 0 aromatic heterocycles. The average Bonchev–Trinajstić information content (AvgIpc) is 2.77. The highest BCUT2D eigenvalue weighted by atomic mass is 32.2. The Morgan fingerprint density at radius 1 is 1.24 bits per heavy atom. The summed E-state index contributed by atoms with van der Waals surface area (Å²) >= 11 is 0. The van der Waals surface area contributed by atoms with Crippen LogP contribution >= 0.6 is 0 Å². The van der Waals surface area contributed by atoms with E-state index in [1.165, 1.54) is 0 Å². The van der Waals surface area contributed by atoms with Gasteiger partial charge in [-0.1, -0.05) is 0 Å². The maximum absolute atomic E-state index is 13.3. The van der Waals surface area contributed by atoms with Crippen LogP contribution in [0.2, 0.25) is 0 Å². The highest BCUT2D eigenvalue weighted by molar-refractivity contribution is 7.91. The van der Waals surface area contributed by atoms with Gasteiger partial charge in [-0.05, 0) is 24.5 Å². The third-order valence-electron chi connectivity index (χ3n) is 3.16. The smallest absolute Gasteiger partial charge is 0.319 e. The summed E-state index contributed by atoms with van der Waals surface area (Å²) in [5.74, 6) is -4.64. The third kappa shape index (κ3) is 3.87. The monoisotopic (exact) mass is 322 g/mol. The number of amides is 2. The number of urea groups is 1. The Bertz CT molecular complexity index is 664. The largest absolute Gasteiger partial charge is 0.338 e. The van der Waals surface area contributed by atoms with E-state index in [1.807, 2.05) is 5.32 Å². The zero-order valence-corrected chi connectivity index (χ0v) is 11.6. The van der Waals surface area contributed by atoms with Gasteiger partial charge in [0, 0.05) is 6.54 Å². The molecule has 9 heteroatoms. The van der Waals surface area contributed by atoms with Crippen LogP contribution in [0.25, 0.3) is 0 Å². The minimum absolute atomic E-state index is 0.00713. The molecular weight excluding hydrogens is 309 g/mol. The van der Waals surface area contributed by atoms with Crippen molar-refractivity contribution in [2.24, 2.45) is 5.92 Å². The molecule has 2 rings (SSSR count). The molecule has 2 N–H and O–H groups in total. The van der Waals surface area contributed by atoms with Gasteiger partial charge in [-0.3, -0.25) is 0 Å². The predicted octanol–water partition coefficient (Wildman–Crippen LogP) is 1.66. The van der Waals surface area contributed by atoms with Crippen molar-refractivity contribution in [2.75, 3.05) is 23.4 Å². The van der Waals surface area contributed by atoms with Crippen molar-refractivity contribution < 1.29 is 26.4 Å². The van der Waals surface area contributed by atoms with Crippen molar-refractivity contribution in [3.8, 4) is 0 Å². The summed E-state index contributed by atoms with van der Waals surface area (Å²) in [5, 5.41) is 4.42. The molecule has 0 aliphatic carbocycles. The van der Waals surface area contributed by atoms with Crippen LogP contribution in [-0.4, -0.2) is 32.5 Å². The third-order valence-corrected chi connectivity index (χ3v) is 5.00. The highest BCUT2D eigenvalue weighted by Crippen LogP contribution is 2.20. The van der Waals surface area contributed by atoms with Crippen molar-refractivity contribution in [2.45, 2.75) is 6.42 Å². The molecule has 1 fully saturated rings. The van der Waals surface area contributed by atoms with Crippen LogP contribution in [0.15, 0.2) is 12.1 Å². The molecule has 5 nitrogen and oxygen atoms in total. The van der Waals surface area contributed by atoms with Crippen LogP contribution in [0.1, 0.15) is 6.42 Å². The van der Waals surface area contributed by atoms with Gasteiger partial charge in [-0.2, -0.15) is 0 Å². The molecule has 1 aromatic rings. The number of rotatable bonds is 3. The van der Waals surface area contributed by atoms with E-state index in [9.17, 15) is 26.4 Å². The molecule has 1 saturated heterocycles. The van der Waals surface area contributed by atoms with E-state index in [0.717, 1.165) is 6.07 Å². The highest BCUT2D eigenvalue weighted by Gasteiger charge is 2.28. The van der Waals surface area contributed by atoms with Gasteiger partial charge in [0.05, 0.1) is 17.2 Å². The molecule has 21 heavy (non-hydrogen) atoms. The Morgan fingerprint density at radius 2 is 1.95 bits per heavy atom. The van der Waals surface area contributed by atoms with Crippen LogP contribution in [0.4, 0.5) is 23.7 Å². The quantitative estimate of drug-likeness (QED) is 0.831. The van der Waals surface area contributed by atoms with Crippen molar-refractivity contribution >= 4 is 21.6 Å². The van der Waals surface area contributed by atoms with Gasteiger partial charge >= 0.3 is 6.03 Å². The molecule has 1 aliphatic rings. The maximum Gasteiger partial charge on any atom is 0.319 e. The molecule has 0 radical (unpaired) electrons. The molecule has 1 aromatic carbocycles. The summed E-state index contributed by atoms with van der Waals surface area (Å²) in [6.45, 7) is 0.107. The first-order valence-electron chi connectivity index (χ1n) is 6.17. The van der Waals surface area contributed by atoms with Crippen LogP contribution in [0.5, 0.6) is 0 Å². The summed E-state index contributed by atoms with van der Waals surface area (Å²) in [5.41, 5.74) is -0.495. The standard InChI is InChI=1S/C12H13F3N2O3S/c13-8-1-2-9(11(15)10(8)14)17-12(18)16-5-7-3-4-21(19,20)6-7/h1-2,7H,3-6H2,(H2,16,17,18)/t7-/m1/s1. The summed E-state index contributed by atoms with van der Waals surface area (Å²) < 4.78 is 61.5. The van der Waals surface area contributed by atoms with Gasteiger partial charge in [0.25, 0.3) is 0 Å². The molecule has 0 spiro atoms. The molecular formula is C12H13F3N2O3S. The zero-order valence-electron chi connectivity index (χ0n) is 10.8. The maximum atomic E-state index is 13.3. The molecule has 1 heterocycles. The van der Waals surface area contributed by atoms with E-state index in [2.05, 4.69) is 5.32 Å². The fourth-order valence-electron chi connectivity index (χ4n) is 2.06. The minimum Gasteiger partial charge on any atom is -0.338 e. The van der Waals surface area contributed by atoms with Crippen LogP contribution in [0.3, 0.4) is 0 Å². The second kappa shape index (κ2) is 5.92. The summed E-state index contributed by atoms with van der Waals surface area (Å²) in [6.07, 6.45) is 0.447. The number of hydrogen-bond acceptors (Lipinski definition) is 3. The van der Waals surface area contributed by atoms with Gasteiger partial charge in [-0.25, -0.2) is 26.4 Å². The first kappa shape index (κ1) is 15.6. The van der Waals surface area contributed by atoms with E-state index in [0.29, 0.717) is 12.5 Å². The van der Waals surface area contributed by atoms with E-state index in [-0.39, 0.29) is 24.0 Å². The van der Waals surface area contributed by atoms with Crippen molar-refractivity contribution in [1.29, 1.82) is 0 Å². The summed E-state index contributed by atoms with van der Waals surface area (Å²) in [6, 6.07) is 0.773. The number of nitrogens with one attached hydrogen (secondary N) is 2. The number of halogens is 3. The fourth-order valence-corrected chi connectivity index (χ4v) is 3.92. The van der Waals surface area contributed by atoms with E-state index in [1.54, 1.807) is 0 Å². The molecule has 1 atom stereocenters. The molecule has 0 unspecified atom stereocenters. The van der Waals surface area contributed by atoms with Crippen LogP contribution < -0.4 is 10.6 Å². The van der Waals surface area contributed by atoms with E-state index in [4.69, 9.17) is 0 Å². The number of sulfone groups is 1. The van der Waals surface area contributed by atoms with E-state index < -0.39 is 39.0 Å². The molecule has 116 valence electrons. The Balaban J connectivity index is 1.90. The molecule has 0 bridgehead atoms. The van der Waals surface area contributed by atoms with Crippen LogP contribution in [0, 0.1) is 23.4 Å². The lowest BCUT2D eigenvalue weighted by molar-refractivity contribution is 0.250. The Hall–Kier alpha value is -1.77. The van der Waals surface area contributed by atoms with Gasteiger partial charge < -0.3 is 10.6 Å². The average molecular weight is 322 g/mol. The van der Waals surface area contributed by atoms with Gasteiger partial charge in [-0.15, -0.1) is 0 Å². The fraction of sp³-hybridized carbons (Fsp3) is 0.417. The predicted molar refractivity (Wildman–Crippen MR) is 70.1 cm³/mol. The van der Waals surface area contributed by atoms with Crippen molar-refractivity contribution in [3.05, 3.63) is 29.6 Å². The Kier molecular flexibility index (Phi) is 4.40. The Labute approximate surface area is 119 Å². The van der Waals surface area contributed by atoms with Crippen molar-refractivity contribution in [3.63, 3.8) is 0 Å². The Morgan fingerprint density at radius 3 is 2.57 bits per heavy atom. The number of benzene rings is 1. The molecule has 0 saturated carbocycles. The SMILES string of the molecule is O=C(NC[C@H]1CCS(=O)(=O)C1)Nc1ccc(F)c(F)c1F. The first-order chi connectivity index (χ1) is 9.78. The van der Waals surface area contributed by atoms with Crippen molar-refractivity contribution in [1.82, 2.24) is 5.32 Å². The number of hydrogen-bond donors (Lipinski definition) is 2. The lowest BCUT2D eigenvalue weighted by atomic mass is 10.1. The normalized spacial score (nSPS) is 20.2. The number of carbonyl (C=O) groups excluding carboxylic acids is 1. The second-order valence-corrected chi connectivity index (χ2v) is 7.06. The lowest BCUT2D eigenvalue weighted by Gasteiger charge is -2.11. The first-order valence-corrected chi connectivity index (χ1v) is 7.99. The van der Waals surface area contributed by atoms with Gasteiger partial charge in [0.1, 0.15) is 0 Å². The topological polar surface area (TPSA) is 75.3 Å². The van der Waals surface area contributed by atoms with Crippen LogP contribution in [-0.2, 0) is 9.84 Å². The summed E-state index contributed by atoms with van der Waals surface area (Å²) in [7, 11) is -3.04. The number of anilines is 1. The zero-order chi connectivity index (χ0) is 15.6.